The van der Waals surface area contributed by atoms with Crippen molar-refractivity contribution in [2.75, 3.05) is 33.4 Å². The Kier molecular flexibility index (Phi) is 10.9. The molecule has 9 nitrogen and oxygen atoms in total. The quantitative estimate of drug-likeness (QED) is 0.182. The number of aliphatic hydroxyl groups is 2. The van der Waals surface area contributed by atoms with Crippen LogP contribution in [0.15, 0.2) is 58.4 Å². The molecule has 12 atom stereocenters. The van der Waals surface area contributed by atoms with Gasteiger partial charge in [-0.05, 0) is 148 Å². The Bertz CT molecular complexity index is 2080. The Hall–Kier alpha value is -2.95. The second-order valence-electron chi connectivity index (χ2n) is 22.4. The molecule has 0 bridgehead atoms. The number of hydrogen-bond donors (Lipinski definition) is 3. The van der Waals surface area contributed by atoms with Crippen molar-refractivity contribution >= 4 is 17.3 Å². The maximum Gasteiger partial charge on any atom is 0.160 e. The van der Waals surface area contributed by atoms with Gasteiger partial charge in [0.1, 0.15) is 11.9 Å². The van der Waals surface area contributed by atoms with E-state index in [-0.39, 0.29) is 58.0 Å². The summed E-state index contributed by atoms with van der Waals surface area (Å²) in [6, 6.07) is 7.01. The number of aliphatic hydroxyl groups excluding tert-OH is 2. The predicted octanol–water partition coefficient (Wildman–Crippen LogP) is 7.82. The highest BCUT2D eigenvalue weighted by molar-refractivity contribution is 6.09. The molecule has 12 unspecified atom stereocenters. The summed E-state index contributed by atoms with van der Waals surface area (Å²) in [7, 11) is 1.96. The molecule has 0 radical (unpaired) electrons. The van der Waals surface area contributed by atoms with Gasteiger partial charge in [0.05, 0.1) is 29.6 Å². The van der Waals surface area contributed by atoms with Crippen LogP contribution in [0, 0.1) is 52.3 Å². The van der Waals surface area contributed by atoms with E-state index in [9.17, 15) is 19.8 Å². The largest absolute Gasteiger partial charge is 0.392 e. The Morgan fingerprint density at radius 1 is 1.03 bits per heavy atom. The van der Waals surface area contributed by atoms with Crippen LogP contribution in [0.5, 0.6) is 0 Å². The van der Waals surface area contributed by atoms with Crippen molar-refractivity contribution in [3.8, 4) is 0 Å². The van der Waals surface area contributed by atoms with E-state index < -0.39 is 23.0 Å². The first kappa shape index (κ1) is 43.3. The fourth-order valence-corrected chi connectivity index (χ4v) is 15.1. The summed E-state index contributed by atoms with van der Waals surface area (Å²) in [4.78, 5) is 36.2. The molecule has 332 valence electrons. The smallest absolute Gasteiger partial charge is 0.160 e. The number of Topliss-reactive ketones (excluding diaryl/α,β-unsaturated/α-hetero) is 2. The lowest BCUT2D eigenvalue weighted by molar-refractivity contribution is -0.222. The van der Waals surface area contributed by atoms with Crippen molar-refractivity contribution in [3.05, 3.63) is 70.1 Å². The summed E-state index contributed by atoms with van der Waals surface area (Å²) in [5, 5.41) is 28.3. The summed E-state index contributed by atoms with van der Waals surface area (Å²) < 4.78 is 11.6. The first-order chi connectivity index (χ1) is 28.9. The van der Waals surface area contributed by atoms with Crippen LogP contribution in [-0.4, -0.2) is 95.7 Å². The van der Waals surface area contributed by atoms with Gasteiger partial charge in [-0.2, -0.15) is 0 Å². The minimum absolute atomic E-state index is 0.0389. The van der Waals surface area contributed by atoms with Crippen LogP contribution in [0.1, 0.15) is 129 Å². The van der Waals surface area contributed by atoms with Crippen LogP contribution >= 0.6 is 0 Å². The van der Waals surface area contributed by atoms with E-state index in [0.717, 1.165) is 81.6 Å². The maximum absolute atomic E-state index is 14.9. The van der Waals surface area contributed by atoms with Crippen LogP contribution in [0.25, 0.3) is 0 Å². The topological polar surface area (TPSA) is 124 Å². The molecule has 9 rings (SSSR count). The number of epoxide rings is 1. The van der Waals surface area contributed by atoms with Gasteiger partial charge >= 0.3 is 0 Å². The summed E-state index contributed by atoms with van der Waals surface area (Å²) in [5.41, 5.74) is 6.19. The number of allylic oxidation sites excluding steroid dienone is 1. The second kappa shape index (κ2) is 15.4. The number of hydrogen-bond acceptors (Lipinski definition) is 9. The minimum atomic E-state index is -0.728. The molecular weight excluding hydrogens is 763 g/mol. The van der Waals surface area contributed by atoms with Crippen molar-refractivity contribution in [2.24, 2.45) is 50.3 Å². The average Bonchev–Trinajstić information content (AvgIpc) is 3.49. The molecule has 1 aromatic rings. The Balaban J connectivity index is 1.11. The highest BCUT2D eigenvalue weighted by Gasteiger charge is 2.72. The molecule has 8 aliphatic rings. The molecule has 3 saturated carbocycles. The van der Waals surface area contributed by atoms with Gasteiger partial charge in [-0.15, -0.1) is 0 Å². The number of nitrogens with zero attached hydrogens (tertiary/aromatic N) is 2. The third kappa shape index (κ3) is 6.83. The number of carbonyl (C=O) groups is 2. The lowest BCUT2D eigenvalue weighted by Crippen LogP contribution is -2.68. The standard InChI is InChI=1S/C52H73N3O6/c1-30-22-32(25-34(23-30)33-13-20-60-21-14-33)26-35-28-55(37-12-18-54-44(35)37)29-36-43-42(31(2)24-38(56)47-48(3,4)61-47)39(57)27-52(43,8)51(7)16-10-40-49(5,17-19-53-9)41(58)11-15-50(40,6)46(51)45(36)59/h12,18,22-23,25,28,31,33,36-38,40,45-47,53,56,59H,10-11,13-17,19-21,24,26-27,29H2,1-9H3. The van der Waals surface area contributed by atoms with Gasteiger partial charge in [0.25, 0.3) is 0 Å². The fourth-order valence-electron chi connectivity index (χ4n) is 15.1. The van der Waals surface area contributed by atoms with Gasteiger partial charge in [-0.25, -0.2) is 0 Å². The number of ether oxygens (including phenoxy) is 2. The number of benzene rings is 1. The van der Waals surface area contributed by atoms with Crippen molar-refractivity contribution in [2.45, 2.75) is 155 Å². The van der Waals surface area contributed by atoms with Gasteiger partial charge in [-0.1, -0.05) is 58.4 Å². The first-order valence-electron chi connectivity index (χ1n) is 23.8. The number of aliphatic imine (C=N–C) groups is 1. The van der Waals surface area contributed by atoms with E-state index in [1.165, 1.54) is 22.3 Å². The molecular formula is C52H73N3O6. The second-order valence-corrected chi connectivity index (χ2v) is 22.4. The van der Waals surface area contributed by atoms with E-state index >= 15 is 0 Å². The average molecular weight is 836 g/mol. The third-order valence-electron chi connectivity index (χ3n) is 18.3. The Morgan fingerprint density at radius 3 is 2.48 bits per heavy atom. The molecule has 1 aromatic carbocycles. The molecule has 2 saturated heterocycles. The number of aryl methyl sites for hydroxylation is 1. The number of rotatable bonds is 12. The predicted molar refractivity (Wildman–Crippen MR) is 239 cm³/mol. The van der Waals surface area contributed by atoms with Crippen molar-refractivity contribution in [1.82, 2.24) is 10.2 Å². The summed E-state index contributed by atoms with van der Waals surface area (Å²) in [5.74, 6) is 0.552. The zero-order valence-electron chi connectivity index (χ0n) is 38.5. The fraction of sp³-hybridized carbons (Fsp3) is 0.712. The van der Waals surface area contributed by atoms with E-state index in [1.807, 2.05) is 27.1 Å². The first-order valence-corrected chi connectivity index (χ1v) is 23.8. The van der Waals surface area contributed by atoms with Crippen molar-refractivity contribution in [3.63, 3.8) is 0 Å². The molecule has 3 N–H and O–H groups in total. The van der Waals surface area contributed by atoms with E-state index in [1.54, 1.807) is 0 Å². The van der Waals surface area contributed by atoms with Gasteiger partial charge in [0.15, 0.2) is 5.78 Å². The zero-order chi connectivity index (χ0) is 43.4. The van der Waals surface area contributed by atoms with Gasteiger partial charge in [0.2, 0.25) is 0 Å². The monoisotopic (exact) mass is 836 g/mol. The van der Waals surface area contributed by atoms with Crippen LogP contribution in [0.3, 0.4) is 0 Å². The number of nitrogens with one attached hydrogen (secondary N) is 1. The van der Waals surface area contributed by atoms with E-state index in [0.29, 0.717) is 37.5 Å². The van der Waals surface area contributed by atoms with Crippen LogP contribution in [0.2, 0.25) is 0 Å². The molecule has 9 heteroatoms. The molecule has 4 aliphatic heterocycles. The molecule has 0 aromatic heterocycles. The van der Waals surface area contributed by atoms with Crippen LogP contribution in [0.4, 0.5) is 0 Å². The van der Waals surface area contributed by atoms with Gasteiger partial charge in [-0.3, -0.25) is 14.6 Å². The molecule has 4 heterocycles. The van der Waals surface area contributed by atoms with Crippen LogP contribution < -0.4 is 5.32 Å². The zero-order valence-corrected chi connectivity index (χ0v) is 38.5. The highest BCUT2D eigenvalue weighted by atomic mass is 16.6. The number of carbonyl (C=O) groups excluding carboxylic acids is 2. The van der Waals surface area contributed by atoms with Crippen molar-refractivity contribution < 1.29 is 29.3 Å². The van der Waals surface area contributed by atoms with Crippen LogP contribution in [-0.2, 0) is 25.5 Å². The molecule has 0 spiro atoms. The molecule has 5 fully saturated rings. The Labute approximate surface area is 364 Å². The maximum atomic E-state index is 14.9. The lowest BCUT2D eigenvalue weighted by atomic mass is 9.34. The van der Waals surface area contributed by atoms with Gasteiger partial charge < -0.3 is 29.9 Å². The normalized spacial score (nSPS) is 40.0. The van der Waals surface area contributed by atoms with Gasteiger partial charge in [0, 0.05) is 68.2 Å². The highest BCUT2D eigenvalue weighted by Crippen LogP contribution is 2.75. The number of fused-ring (bicyclic) bond motifs is 6. The molecule has 61 heavy (non-hydrogen) atoms. The molecule has 0 amide bonds. The summed E-state index contributed by atoms with van der Waals surface area (Å²) in [6.45, 7) is 20.6. The summed E-state index contributed by atoms with van der Waals surface area (Å²) in [6.07, 6.45) is 12.3. The SMILES string of the molecule is CNCCC1(C)C(=O)CCC2(C)C1CCC1(C)C2C(O)C(CN2C=C(Cc3cc(C)cc(C4CCOCC4)c3)C3=NC=CC32)C2=C(C(C)CC(O)C3OC3(C)C)C(=O)CC21C. The molecule has 4 aliphatic carbocycles. The van der Waals surface area contributed by atoms with E-state index in [4.69, 9.17) is 14.5 Å². The van der Waals surface area contributed by atoms with E-state index in [2.05, 4.69) is 82.2 Å². The third-order valence-corrected chi connectivity index (χ3v) is 18.3. The van der Waals surface area contributed by atoms with Crippen molar-refractivity contribution in [1.29, 1.82) is 0 Å². The minimum Gasteiger partial charge on any atom is -0.392 e. The lowest BCUT2D eigenvalue weighted by Gasteiger charge is -2.70. The summed E-state index contributed by atoms with van der Waals surface area (Å²) >= 11 is 0. The Morgan fingerprint density at radius 2 is 1.77 bits per heavy atom. The number of ketones is 2.